The minimum Gasteiger partial charge on any atom is -0.396 e. The second-order valence-electron chi connectivity index (χ2n) is 4.90. The summed E-state index contributed by atoms with van der Waals surface area (Å²) in [5, 5.41) is 12.3. The zero-order valence-corrected chi connectivity index (χ0v) is 10.2. The summed E-state index contributed by atoms with van der Waals surface area (Å²) < 4.78 is 0. The first-order chi connectivity index (χ1) is 6.56. The van der Waals surface area contributed by atoms with Gasteiger partial charge in [-0.2, -0.15) is 0 Å². The van der Waals surface area contributed by atoms with E-state index in [0.717, 1.165) is 18.9 Å². The van der Waals surface area contributed by atoms with Gasteiger partial charge in [-0.25, -0.2) is 0 Å². The molecule has 0 bridgehead atoms. The largest absolute Gasteiger partial charge is 0.396 e. The maximum atomic E-state index is 8.75. The van der Waals surface area contributed by atoms with Crippen molar-refractivity contribution in [2.24, 2.45) is 11.8 Å². The second kappa shape index (κ2) is 8.25. The van der Waals surface area contributed by atoms with Gasteiger partial charge in [0.25, 0.3) is 0 Å². The molecule has 0 saturated heterocycles. The van der Waals surface area contributed by atoms with Gasteiger partial charge in [0.2, 0.25) is 0 Å². The smallest absolute Gasteiger partial charge is 0.0434 e. The fourth-order valence-electron chi connectivity index (χ4n) is 1.41. The third kappa shape index (κ3) is 8.52. The summed E-state index contributed by atoms with van der Waals surface area (Å²) in [6.07, 6.45) is 3.45. The van der Waals surface area contributed by atoms with Gasteiger partial charge in [-0.15, -0.1) is 0 Å². The van der Waals surface area contributed by atoms with Gasteiger partial charge < -0.3 is 10.4 Å². The lowest BCUT2D eigenvalue weighted by Crippen LogP contribution is -2.30. The Morgan fingerprint density at radius 2 is 1.64 bits per heavy atom. The lowest BCUT2D eigenvalue weighted by atomic mass is 10.0. The van der Waals surface area contributed by atoms with E-state index in [0.29, 0.717) is 18.6 Å². The van der Waals surface area contributed by atoms with E-state index in [1.807, 2.05) is 0 Å². The first-order valence-electron chi connectivity index (χ1n) is 5.90. The van der Waals surface area contributed by atoms with Crippen LogP contribution in [0.25, 0.3) is 0 Å². The van der Waals surface area contributed by atoms with Crippen LogP contribution in [0.1, 0.15) is 47.0 Å². The van der Waals surface area contributed by atoms with Crippen molar-refractivity contribution in [3.8, 4) is 0 Å². The molecular formula is C12H27NO. The molecule has 0 radical (unpaired) electrons. The zero-order valence-electron chi connectivity index (χ0n) is 10.2. The third-order valence-electron chi connectivity index (χ3n) is 2.61. The normalized spacial score (nSPS) is 15.9. The number of rotatable bonds is 8. The van der Waals surface area contributed by atoms with Gasteiger partial charge in [0, 0.05) is 12.6 Å². The molecule has 0 saturated carbocycles. The molecule has 0 aromatic heterocycles. The molecule has 0 aliphatic heterocycles. The molecule has 14 heavy (non-hydrogen) atoms. The highest BCUT2D eigenvalue weighted by Crippen LogP contribution is 2.07. The minimum atomic E-state index is 0.309. The highest BCUT2D eigenvalue weighted by Gasteiger charge is 2.05. The Morgan fingerprint density at radius 3 is 2.14 bits per heavy atom. The first kappa shape index (κ1) is 13.9. The SMILES string of the molecule is CC(C)CCC(C)NCC(C)CCO. The summed E-state index contributed by atoms with van der Waals surface area (Å²) in [6.45, 7) is 10.3. The summed E-state index contributed by atoms with van der Waals surface area (Å²) in [5.74, 6) is 1.38. The molecule has 0 aliphatic carbocycles. The van der Waals surface area contributed by atoms with Gasteiger partial charge in [-0.05, 0) is 44.6 Å². The molecule has 2 unspecified atom stereocenters. The topological polar surface area (TPSA) is 32.3 Å². The molecule has 0 rings (SSSR count). The molecule has 0 aromatic carbocycles. The van der Waals surface area contributed by atoms with Crippen LogP contribution in [0.4, 0.5) is 0 Å². The summed E-state index contributed by atoms with van der Waals surface area (Å²) in [5.41, 5.74) is 0. The van der Waals surface area contributed by atoms with E-state index in [1.54, 1.807) is 0 Å². The van der Waals surface area contributed by atoms with Crippen molar-refractivity contribution < 1.29 is 5.11 Å². The maximum Gasteiger partial charge on any atom is 0.0434 e. The molecule has 2 heteroatoms. The number of hydrogen-bond donors (Lipinski definition) is 2. The molecule has 2 atom stereocenters. The summed E-state index contributed by atoms with van der Waals surface area (Å²) >= 11 is 0. The third-order valence-corrected chi connectivity index (χ3v) is 2.61. The molecule has 0 spiro atoms. The van der Waals surface area contributed by atoms with Crippen molar-refractivity contribution in [3.05, 3.63) is 0 Å². The van der Waals surface area contributed by atoms with Gasteiger partial charge in [-0.1, -0.05) is 20.8 Å². The fraction of sp³-hybridized carbons (Fsp3) is 1.00. The lowest BCUT2D eigenvalue weighted by Gasteiger charge is -2.17. The maximum absolute atomic E-state index is 8.75. The second-order valence-corrected chi connectivity index (χ2v) is 4.90. The molecule has 0 aliphatic rings. The molecule has 0 heterocycles. The molecule has 0 aromatic rings. The predicted molar refractivity (Wildman–Crippen MR) is 62.4 cm³/mol. The molecule has 2 nitrogen and oxygen atoms in total. The summed E-state index contributed by atoms with van der Waals surface area (Å²) in [4.78, 5) is 0. The summed E-state index contributed by atoms with van der Waals surface area (Å²) in [7, 11) is 0. The monoisotopic (exact) mass is 201 g/mol. The van der Waals surface area contributed by atoms with Crippen LogP contribution in [-0.2, 0) is 0 Å². The standard InChI is InChI=1S/C12H27NO/c1-10(2)5-6-12(4)13-9-11(3)7-8-14/h10-14H,5-9H2,1-4H3. The molecule has 86 valence electrons. The van der Waals surface area contributed by atoms with Crippen LogP contribution >= 0.6 is 0 Å². The highest BCUT2D eigenvalue weighted by molar-refractivity contribution is 4.64. The van der Waals surface area contributed by atoms with Crippen LogP contribution in [0.15, 0.2) is 0 Å². The van der Waals surface area contributed by atoms with Crippen molar-refractivity contribution in [2.45, 2.75) is 53.0 Å². The zero-order chi connectivity index (χ0) is 11.0. The Labute approximate surface area is 89.1 Å². The van der Waals surface area contributed by atoms with Crippen molar-refractivity contribution >= 4 is 0 Å². The van der Waals surface area contributed by atoms with Crippen LogP contribution in [0.3, 0.4) is 0 Å². The minimum absolute atomic E-state index is 0.309. The number of aliphatic hydroxyl groups is 1. The number of aliphatic hydroxyl groups excluding tert-OH is 1. The van der Waals surface area contributed by atoms with Crippen LogP contribution < -0.4 is 5.32 Å². The number of hydrogen-bond acceptors (Lipinski definition) is 2. The van der Waals surface area contributed by atoms with E-state index in [1.165, 1.54) is 12.8 Å². The van der Waals surface area contributed by atoms with Crippen molar-refractivity contribution in [2.75, 3.05) is 13.2 Å². The highest BCUT2D eigenvalue weighted by atomic mass is 16.3. The van der Waals surface area contributed by atoms with E-state index >= 15 is 0 Å². The average molecular weight is 201 g/mol. The quantitative estimate of drug-likeness (QED) is 0.632. The molecule has 0 fully saturated rings. The molecule has 0 amide bonds. The summed E-state index contributed by atoms with van der Waals surface area (Å²) in [6, 6.07) is 0.610. The van der Waals surface area contributed by atoms with Gasteiger partial charge >= 0.3 is 0 Å². The molecule has 2 N–H and O–H groups in total. The van der Waals surface area contributed by atoms with Gasteiger partial charge in [0.05, 0.1) is 0 Å². The van der Waals surface area contributed by atoms with Crippen LogP contribution in [0, 0.1) is 11.8 Å². The van der Waals surface area contributed by atoms with Crippen LogP contribution in [-0.4, -0.2) is 24.3 Å². The average Bonchev–Trinajstić information content (AvgIpc) is 2.12. The van der Waals surface area contributed by atoms with Gasteiger partial charge in [-0.3, -0.25) is 0 Å². The first-order valence-corrected chi connectivity index (χ1v) is 5.90. The molecular weight excluding hydrogens is 174 g/mol. The fourth-order valence-corrected chi connectivity index (χ4v) is 1.41. The van der Waals surface area contributed by atoms with E-state index in [-0.39, 0.29) is 0 Å². The predicted octanol–water partition coefficient (Wildman–Crippen LogP) is 2.42. The van der Waals surface area contributed by atoms with Crippen molar-refractivity contribution in [3.63, 3.8) is 0 Å². The lowest BCUT2D eigenvalue weighted by molar-refractivity contribution is 0.257. The van der Waals surface area contributed by atoms with Gasteiger partial charge in [0.1, 0.15) is 0 Å². The Balaban J connectivity index is 3.38. The van der Waals surface area contributed by atoms with E-state index < -0.39 is 0 Å². The van der Waals surface area contributed by atoms with Crippen LogP contribution in [0.2, 0.25) is 0 Å². The van der Waals surface area contributed by atoms with E-state index in [9.17, 15) is 0 Å². The Bertz CT molecular complexity index is 125. The van der Waals surface area contributed by atoms with E-state index in [4.69, 9.17) is 5.11 Å². The van der Waals surface area contributed by atoms with E-state index in [2.05, 4.69) is 33.0 Å². The number of nitrogens with one attached hydrogen (secondary N) is 1. The van der Waals surface area contributed by atoms with Gasteiger partial charge in [0.15, 0.2) is 0 Å². The van der Waals surface area contributed by atoms with Crippen LogP contribution in [0.5, 0.6) is 0 Å². The Hall–Kier alpha value is -0.0800. The van der Waals surface area contributed by atoms with Crippen molar-refractivity contribution in [1.29, 1.82) is 0 Å². The Kier molecular flexibility index (Phi) is 8.20. The Morgan fingerprint density at radius 1 is 1.00 bits per heavy atom. The van der Waals surface area contributed by atoms with Crippen molar-refractivity contribution in [1.82, 2.24) is 5.32 Å².